The fourth-order valence-electron chi connectivity index (χ4n) is 5.66. The molecule has 46 heavy (non-hydrogen) atoms. The van der Waals surface area contributed by atoms with E-state index in [0.29, 0.717) is 0 Å². The Morgan fingerprint density at radius 1 is 0.522 bits per heavy atom. The zero-order valence-corrected chi connectivity index (χ0v) is 31.0. The Morgan fingerprint density at radius 2 is 0.739 bits per heavy atom. The monoisotopic (exact) mass is 658 g/mol. The fraction of sp³-hybridized carbons (Fsp3) is 0.641. The number of carboxylic acid groups (broad SMARTS) is 2. The second kappa shape index (κ2) is 13.8. The summed E-state index contributed by atoms with van der Waals surface area (Å²) in [5.74, 6) is -0.951. The Morgan fingerprint density at radius 3 is 0.913 bits per heavy atom. The number of benzene rings is 2. The van der Waals surface area contributed by atoms with E-state index < -0.39 is 22.8 Å². The average Bonchev–Trinajstić information content (AvgIpc) is 2.83. The normalized spacial score (nSPS) is 15.4. The number of phenolic OH excluding ortho intramolecular Hbond substituents is 2. The number of aliphatic carboxylic acids is 2. The van der Waals surface area contributed by atoms with Crippen molar-refractivity contribution >= 4 is 23.7 Å². The number of hydrogen-bond acceptors (Lipinski definition) is 5. The van der Waals surface area contributed by atoms with Gasteiger partial charge in [-0.15, -0.1) is 0 Å². The van der Waals surface area contributed by atoms with Crippen molar-refractivity contribution in [3.63, 3.8) is 0 Å². The maximum atomic E-state index is 12.7. The lowest BCUT2D eigenvalue weighted by atomic mass is 9.76. The molecule has 2 unspecified atom stereocenters. The minimum atomic E-state index is -1.16. The molecular weight excluding hydrogens is 596 g/mol. The van der Waals surface area contributed by atoms with Gasteiger partial charge >= 0.3 is 11.9 Å². The minimum Gasteiger partial charge on any atom is -0.507 e. The van der Waals surface area contributed by atoms with Crippen LogP contribution in [0.5, 0.6) is 11.5 Å². The Hall–Kier alpha value is -2.67. The molecule has 2 atom stereocenters. The highest BCUT2D eigenvalue weighted by Gasteiger charge is 2.39. The molecule has 4 N–H and O–H groups in total. The van der Waals surface area contributed by atoms with Gasteiger partial charge in [-0.3, -0.25) is 9.59 Å². The number of thioether (sulfide) groups is 1. The summed E-state index contributed by atoms with van der Waals surface area (Å²) in [5.41, 5.74) is 1.10. The third kappa shape index (κ3) is 9.68. The Labute approximate surface area is 283 Å². The molecule has 6 nitrogen and oxygen atoms in total. The van der Waals surface area contributed by atoms with E-state index in [0.717, 1.165) is 33.4 Å². The first kappa shape index (κ1) is 41.4. The van der Waals surface area contributed by atoms with Gasteiger partial charge in [-0.2, -0.15) is 11.8 Å². The molecule has 0 aromatic heterocycles. The van der Waals surface area contributed by atoms with E-state index in [4.69, 9.17) is 0 Å². The lowest BCUT2D eigenvalue weighted by Gasteiger charge is -2.32. The molecule has 0 heterocycles. The largest absolute Gasteiger partial charge is 0.507 e. The first-order chi connectivity index (χ1) is 20.0. The summed E-state index contributed by atoms with van der Waals surface area (Å²) in [6.07, 6.45) is 0.487. The van der Waals surface area contributed by atoms with Crippen LogP contribution in [0.2, 0.25) is 0 Å². The van der Waals surface area contributed by atoms with Gasteiger partial charge in [0.05, 0.1) is 10.8 Å². The first-order valence-corrected chi connectivity index (χ1v) is 17.0. The van der Waals surface area contributed by atoms with Gasteiger partial charge in [0.1, 0.15) is 11.5 Å². The van der Waals surface area contributed by atoms with Crippen LogP contribution < -0.4 is 0 Å². The second-order valence-electron chi connectivity index (χ2n) is 17.7. The predicted octanol–water partition coefficient (Wildman–Crippen LogP) is 9.62. The van der Waals surface area contributed by atoms with Crippen LogP contribution in [0.4, 0.5) is 0 Å². The number of hydrogen-bond donors (Lipinski definition) is 4. The van der Waals surface area contributed by atoms with E-state index in [-0.39, 0.29) is 64.9 Å². The highest BCUT2D eigenvalue weighted by molar-refractivity contribution is 7.99. The Balaban J connectivity index is 0.0000106. The first-order valence-electron chi connectivity index (χ1n) is 15.8. The molecule has 0 aliphatic heterocycles. The van der Waals surface area contributed by atoms with Gasteiger partial charge in [0.15, 0.2) is 0 Å². The summed E-state index contributed by atoms with van der Waals surface area (Å²) in [4.78, 5) is 25.5. The van der Waals surface area contributed by atoms with Crippen molar-refractivity contribution in [1.82, 2.24) is 0 Å². The summed E-state index contributed by atoms with van der Waals surface area (Å²) in [6.45, 7) is 27.8. The molecule has 0 fully saturated rings. The van der Waals surface area contributed by atoms with Crippen LogP contribution in [0, 0.1) is 10.8 Å². The molecular formula is C39H62O6S. The van der Waals surface area contributed by atoms with Crippen LogP contribution in [0.3, 0.4) is 0 Å². The van der Waals surface area contributed by atoms with Gasteiger partial charge in [0.2, 0.25) is 0 Å². The smallest absolute Gasteiger partial charge is 0.310 e. The molecule has 2 aromatic rings. The van der Waals surface area contributed by atoms with Crippen molar-refractivity contribution in [2.45, 2.75) is 139 Å². The molecule has 2 aromatic carbocycles. The van der Waals surface area contributed by atoms with Gasteiger partial charge in [-0.25, -0.2) is 0 Å². The van der Waals surface area contributed by atoms with E-state index >= 15 is 0 Å². The summed E-state index contributed by atoms with van der Waals surface area (Å²) < 4.78 is 0. The fourth-order valence-corrected chi connectivity index (χ4v) is 7.11. The quantitative estimate of drug-likeness (QED) is 0.201. The van der Waals surface area contributed by atoms with Crippen molar-refractivity contribution in [2.75, 3.05) is 11.5 Å². The van der Waals surface area contributed by atoms with Gasteiger partial charge in [-0.1, -0.05) is 115 Å². The maximum absolute atomic E-state index is 12.7. The van der Waals surface area contributed by atoms with Crippen molar-refractivity contribution in [3.8, 4) is 11.5 Å². The molecule has 0 saturated heterocycles. The SMILES string of the molecule is C.CC(CSCC(C)(Cc1cc(C(C)(C)C)c(O)c(C(C)(C)C)c1)C(=O)O)(Cc1cc(C(C)(C)C)c(O)c(C(C)(C)C)c1)C(=O)O. The summed E-state index contributed by atoms with van der Waals surface area (Å²) in [6, 6.07) is 7.68. The molecule has 0 bridgehead atoms. The van der Waals surface area contributed by atoms with Crippen molar-refractivity contribution in [3.05, 3.63) is 57.6 Å². The number of phenols is 2. The maximum Gasteiger partial charge on any atom is 0.310 e. The summed E-state index contributed by atoms with van der Waals surface area (Å²) in [5, 5.41) is 43.1. The van der Waals surface area contributed by atoms with Crippen LogP contribution >= 0.6 is 11.8 Å². The number of rotatable bonds is 10. The number of carboxylic acids is 2. The van der Waals surface area contributed by atoms with E-state index in [2.05, 4.69) is 0 Å². The zero-order valence-electron chi connectivity index (χ0n) is 30.2. The lowest BCUT2D eigenvalue weighted by molar-refractivity contribution is -0.147. The zero-order chi connectivity index (χ0) is 35.1. The van der Waals surface area contributed by atoms with Crippen LogP contribution in [-0.4, -0.2) is 43.9 Å². The number of aromatic hydroxyl groups is 2. The molecule has 0 saturated carbocycles. The average molecular weight is 659 g/mol. The summed E-state index contributed by atoms with van der Waals surface area (Å²) in [7, 11) is 0. The highest BCUT2D eigenvalue weighted by atomic mass is 32.2. The molecule has 0 aliphatic carbocycles. The Bertz CT molecular complexity index is 1240. The molecule has 0 radical (unpaired) electrons. The van der Waals surface area contributed by atoms with E-state index in [1.807, 2.05) is 107 Å². The predicted molar refractivity (Wildman–Crippen MR) is 194 cm³/mol. The van der Waals surface area contributed by atoms with Crippen LogP contribution in [-0.2, 0) is 44.1 Å². The van der Waals surface area contributed by atoms with E-state index in [9.17, 15) is 30.0 Å². The third-order valence-electron chi connectivity index (χ3n) is 8.63. The molecule has 0 spiro atoms. The molecule has 260 valence electrons. The standard InChI is InChI=1S/C38H58O6S.CH4/c1-33(2,3)25-15-23(16-26(29(25)39)34(4,5)6)19-37(13,31(41)42)21-45-22-38(14,32(43)44)20-24-17-27(35(7,8)9)30(40)28(18-24)36(10,11)12;/h15-18,39-40H,19-22H2,1-14H3,(H,41,42)(H,43,44);1H4. The van der Waals surface area contributed by atoms with E-state index in [1.165, 1.54) is 11.8 Å². The Kier molecular flexibility index (Phi) is 12.4. The van der Waals surface area contributed by atoms with Crippen LogP contribution in [0.1, 0.15) is 138 Å². The topological polar surface area (TPSA) is 115 Å². The van der Waals surface area contributed by atoms with Crippen molar-refractivity contribution in [1.29, 1.82) is 0 Å². The van der Waals surface area contributed by atoms with Gasteiger partial charge in [0.25, 0.3) is 0 Å². The lowest BCUT2D eigenvalue weighted by Crippen LogP contribution is -2.36. The molecule has 0 aliphatic rings. The van der Waals surface area contributed by atoms with Crippen molar-refractivity contribution in [2.24, 2.45) is 10.8 Å². The van der Waals surface area contributed by atoms with E-state index in [1.54, 1.807) is 13.8 Å². The molecule has 7 heteroatoms. The second-order valence-corrected chi connectivity index (χ2v) is 18.6. The van der Waals surface area contributed by atoms with Gasteiger partial charge in [-0.05, 0) is 81.7 Å². The van der Waals surface area contributed by atoms with Crippen LogP contribution in [0.15, 0.2) is 24.3 Å². The highest BCUT2D eigenvalue weighted by Crippen LogP contribution is 2.43. The van der Waals surface area contributed by atoms with Crippen molar-refractivity contribution < 1.29 is 30.0 Å². The molecule has 2 rings (SSSR count). The van der Waals surface area contributed by atoms with Gasteiger partial charge < -0.3 is 20.4 Å². The number of carbonyl (C=O) groups is 2. The van der Waals surface area contributed by atoms with Gasteiger partial charge in [0, 0.05) is 11.5 Å². The minimum absolute atomic E-state index is 0. The molecule has 0 amide bonds. The third-order valence-corrected chi connectivity index (χ3v) is 10.3. The summed E-state index contributed by atoms with van der Waals surface area (Å²) >= 11 is 1.35. The van der Waals surface area contributed by atoms with Crippen LogP contribution in [0.25, 0.3) is 0 Å².